The van der Waals surface area contributed by atoms with Crippen LogP contribution < -0.4 is 19.6 Å². The normalized spacial score (nSPS) is 13.9. The van der Waals surface area contributed by atoms with E-state index < -0.39 is 0 Å². The maximum Gasteiger partial charge on any atom is 0.271 e. The highest BCUT2D eigenvalue weighted by Gasteiger charge is 2.20. The number of aryl methyl sites for hydroxylation is 1. The number of hydrogen-bond donors (Lipinski definition) is 1. The Morgan fingerprint density at radius 1 is 0.964 bits per heavy atom. The highest BCUT2D eigenvalue weighted by Crippen LogP contribution is 2.39. The largest absolute Gasteiger partial charge is 0.490 e. The fourth-order valence-corrected chi connectivity index (χ4v) is 3.23. The van der Waals surface area contributed by atoms with Crippen molar-refractivity contribution in [1.29, 1.82) is 0 Å². The zero-order valence-electron chi connectivity index (χ0n) is 16.6. The van der Waals surface area contributed by atoms with Crippen molar-refractivity contribution in [2.75, 3.05) is 19.8 Å². The Hall–Kier alpha value is -3.02. The number of carbonyl (C=O) groups is 1. The summed E-state index contributed by atoms with van der Waals surface area (Å²) in [5.74, 6) is 1.17. The molecule has 0 heterocycles. The highest BCUT2D eigenvalue weighted by molar-refractivity contribution is 6.05. The lowest BCUT2D eigenvalue weighted by Gasteiger charge is -2.16. The number of amides is 1. The van der Waals surface area contributed by atoms with Crippen LogP contribution in [0.4, 0.5) is 0 Å². The summed E-state index contributed by atoms with van der Waals surface area (Å²) in [5.41, 5.74) is 6.33. The molecule has 0 unspecified atom stereocenters. The van der Waals surface area contributed by atoms with Gasteiger partial charge in [-0.3, -0.25) is 4.79 Å². The van der Waals surface area contributed by atoms with E-state index in [1.165, 1.54) is 5.56 Å². The van der Waals surface area contributed by atoms with Gasteiger partial charge in [0.15, 0.2) is 11.5 Å². The molecule has 0 radical (unpaired) electrons. The van der Waals surface area contributed by atoms with E-state index >= 15 is 0 Å². The Kier molecular flexibility index (Phi) is 6.53. The molecule has 1 amide bonds. The Morgan fingerprint density at radius 3 is 2.25 bits per heavy atom. The summed E-state index contributed by atoms with van der Waals surface area (Å²) < 4.78 is 17.0. The van der Waals surface area contributed by atoms with Crippen molar-refractivity contribution in [3.63, 3.8) is 0 Å². The third kappa shape index (κ3) is 4.27. The molecule has 0 fully saturated rings. The number of rotatable bonds is 8. The zero-order valence-corrected chi connectivity index (χ0v) is 16.6. The predicted octanol–water partition coefficient (Wildman–Crippen LogP) is 3.96. The smallest absolute Gasteiger partial charge is 0.271 e. The van der Waals surface area contributed by atoms with Gasteiger partial charge in [-0.2, -0.15) is 5.10 Å². The van der Waals surface area contributed by atoms with Crippen LogP contribution in [0.5, 0.6) is 17.2 Å². The number of benzene rings is 2. The van der Waals surface area contributed by atoms with Crippen LogP contribution in [0.25, 0.3) is 0 Å². The molecule has 1 N–H and O–H groups in total. The number of hydrogen-bond acceptors (Lipinski definition) is 5. The Labute approximate surface area is 165 Å². The van der Waals surface area contributed by atoms with E-state index in [0.717, 1.165) is 24.1 Å². The second-order valence-electron chi connectivity index (χ2n) is 6.26. The van der Waals surface area contributed by atoms with Gasteiger partial charge in [0.05, 0.1) is 25.5 Å². The van der Waals surface area contributed by atoms with Crippen LogP contribution >= 0.6 is 0 Å². The van der Waals surface area contributed by atoms with Crippen molar-refractivity contribution < 1.29 is 19.0 Å². The molecule has 1 aliphatic carbocycles. The molecular weight excluding hydrogens is 356 g/mol. The van der Waals surface area contributed by atoms with Crippen molar-refractivity contribution >= 4 is 11.6 Å². The molecule has 0 bridgehead atoms. The van der Waals surface area contributed by atoms with Crippen LogP contribution in [0.3, 0.4) is 0 Å². The van der Waals surface area contributed by atoms with Gasteiger partial charge in [0.2, 0.25) is 5.75 Å². The molecule has 3 rings (SSSR count). The second kappa shape index (κ2) is 9.26. The van der Waals surface area contributed by atoms with E-state index in [9.17, 15) is 4.79 Å². The van der Waals surface area contributed by atoms with E-state index in [1.807, 2.05) is 39.0 Å². The predicted molar refractivity (Wildman–Crippen MR) is 109 cm³/mol. The molecular formula is C22H26N2O4. The summed E-state index contributed by atoms with van der Waals surface area (Å²) >= 11 is 0. The van der Waals surface area contributed by atoms with E-state index in [1.54, 1.807) is 12.1 Å². The summed E-state index contributed by atoms with van der Waals surface area (Å²) in [7, 11) is 0. The molecule has 6 heteroatoms. The Balaban J connectivity index is 1.86. The van der Waals surface area contributed by atoms with Crippen LogP contribution in [0.1, 0.15) is 48.7 Å². The van der Waals surface area contributed by atoms with E-state index in [4.69, 9.17) is 14.2 Å². The average molecular weight is 382 g/mol. The minimum Gasteiger partial charge on any atom is -0.490 e. The maximum atomic E-state index is 12.7. The van der Waals surface area contributed by atoms with E-state index in [2.05, 4.69) is 16.6 Å². The van der Waals surface area contributed by atoms with Gasteiger partial charge in [-0.1, -0.05) is 24.3 Å². The number of carbonyl (C=O) groups excluding carboxylic acids is 1. The van der Waals surface area contributed by atoms with Crippen molar-refractivity contribution in [1.82, 2.24) is 5.43 Å². The first-order valence-corrected chi connectivity index (χ1v) is 9.69. The number of nitrogens with zero attached hydrogens (tertiary/aromatic N) is 1. The molecule has 28 heavy (non-hydrogen) atoms. The molecule has 1 aliphatic rings. The first-order chi connectivity index (χ1) is 13.7. The van der Waals surface area contributed by atoms with Gasteiger partial charge in [-0.05, 0) is 51.3 Å². The van der Waals surface area contributed by atoms with Gasteiger partial charge in [-0.15, -0.1) is 0 Å². The van der Waals surface area contributed by atoms with Crippen LogP contribution in [-0.2, 0) is 6.42 Å². The van der Waals surface area contributed by atoms with Crippen molar-refractivity contribution in [3.8, 4) is 17.2 Å². The number of hydrazone groups is 1. The monoisotopic (exact) mass is 382 g/mol. The van der Waals surface area contributed by atoms with Crippen LogP contribution in [-0.4, -0.2) is 31.4 Å². The SMILES string of the molecule is CCOc1cc(C(=O)NN=C2CCc3ccccc32)cc(OCC)c1OCC. The lowest BCUT2D eigenvalue weighted by Crippen LogP contribution is -2.20. The zero-order chi connectivity index (χ0) is 19.9. The number of nitrogens with one attached hydrogen (secondary N) is 1. The molecule has 2 aromatic rings. The highest BCUT2D eigenvalue weighted by atomic mass is 16.5. The maximum absolute atomic E-state index is 12.7. The summed E-state index contributed by atoms with van der Waals surface area (Å²) in [6, 6.07) is 11.4. The summed E-state index contributed by atoms with van der Waals surface area (Å²) in [5, 5.41) is 4.36. The van der Waals surface area contributed by atoms with Crippen LogP contribution in [0, 0.1) is 0 Å². The summed E-state index contributed by atoms with van der Waals surface area (Å²) in [4.78, 5) is 12.7. The Morgan fingerprint density at radius 2 is 1.61 bits per heavy atom. The van der Waals surface area contributed by atoms with Crippen molar-refractivity contribution in [2.24, 2.45) is 5.10 Å². The van der Waals surface area contributed by atoms with Gasteiger partial charge in [0.1, 0.15) is 0 Å². The third-order valence-electron chi connectivity index (χ3n) is 4.42. The standard InChI is InChI=1S/C22H26N2O4/c1-4-26-19-13-16(14-20(27-5-2)21(19)28-6-3)22(25)24-23-18-12-11-15-9-7-8-10-17(15)18/h7-10,13-14H,4-6,11-12H2,1-3H3,(H,24,25). The van der Waals surface area contributed by atoms with Gasteiger partial charge in [0.25, 0.3) is 5.91 Å². The van der Waals surface area contributed by atoms with Gasteiger partial charge in [0, 0.05) is 11.1 Å². The first-order valence-electron chi connectivity index (χ1n) is 9.69. The lowest BCUT2D eigenvalue weighted by molar-refractivity contribution is 0.0953. The molecule has 0 saturated carbocycles. The molecule has 2 aromatic carbocycles. The van der Waals surface area contributed by atoms with E-state index in [0.29, 0.717) is 42.6 Å². The van der Waals surface area contributed by atoms with Crippen LogP contribution in [0.2, 0.25) is 0 Å². The average Bonchev–Trinajstić information content (AvgIpc) is 3.12. The molecule has 0 atom stereocenters. The minimum absolute atomic E-state index is 0.318. The van der Waals surface area contributed by atoms with Gasteiger partial charge in [-0.25, -0.2) is 5.43 Å². The fourth-order valence-electron chi connectivity index (χ4n) is 3.23. The van der Waals surface area contributed by atoms with Crippen molar-refractivity contribution in [3.05, 3.63) is 53.1 Å². The summed E-state index contributed by atoms with van der Waals surface area (Å²) in [6.07, 6.45) is 1.76. The molecule has 0 spiro atoms. The lowest BCUT2D eigenvalue weighted by atomic mass is 10.1. The molecule has 0 aromatic heterocycles. The first kappa shape index (κ1) is 19.7. The topological polar surface area (TPSA) is 69.2 Å². The molecule has 0 aliphatic heterocycles. The van der Waals surface area contributed by atoms with Gasteiger partial charge < -0.3 is 14.2 Å². The van der Waals surface area contributed by atoms with E-state index in [-0.39, 0.29) is 5.91 Å². The third-order valence-corrected chi connectivity index (χ3v) is 4.42. The quantitative estimate of drug-likeness (QED) is 0.702. The Bertz CT molecular complexity index is 850. The minimum atomic E-state index is -0.318. The second-order valence-corrected chi connectivity index (χ2v) is 6.26. The van der Waals surface area contributed by atoms with Gasteiger partial charge >= 0.3 is 0 Å². The van der Waals surface area contributed by atoms with Crippen LogP contribution in [0.15, 0.2) is 41.5 Å². The molecule has 148 valence electrons. The molecule has 0 saturated heterocycles. The van der Waals surface area contributed by atoms with Crippen molar-refractivity contribution in [2.45, 2.75) is 33.6 Å². The fraction of sp³-hybridized carbons (Fsp3) is 0.364. The molecule has 6 nitrogen and oxygen atoms in total. The number of fused-ring (bicyclic) bond motifs is 1. The number of ether oxygens (including phenoxy) is 3. The summed E-state index contributed by atoms with van der Waals surface area (Å²) in [6.45, 7) is 7.03.